The first-order chi connectivity index (χ1) is 13.6. The third kappa shape index (κ3) is 3.11. The highest BCUT2D eigenvalue weighted by Gasteiger charge is 2.25. The standard InChI is InChI=1S/C23H24ClN3O/c1-26(2)11-12-28-23-18-6-4-3-5-17(18)21-19-13-16(24)9-10-20(19)27(22(21)25-23)14-15-7-8-15/h3-6,9-10,13,15H,7-8,11-12,14H2,1-2H3. The van der Waals surface area contributed by atoms with Gasteiger partial charge in [-0.05, 0) is 62.5 Å². The van der Waals surface area contributed by atoms with Gasteiger partial charge in [0.15, 0.2) is 0 Å². The van der Waals surface area contributed by atoms with Gasteiger partial charge in [-0.15, -0.1) is 0 Å². The number of hydrogen-bond donors (Lipinski definition) is 0. The summed E-state index contributed by atoms with van der Waals surface area (Å²) in [4.78, 5) is 7.14. The van der Waals surface area contributed by atoms with Crippen LogP contribution in [-0.2, 0) is 6.54 Å². The van der Waals surface area contributed by atoms with Crippen LogP contribution in [0.5, 0.6) is 5.88 Å². The van der Waals surface area contributed by atoms with Crippen molar-refractivity contribution in [2.24, 2.45) is 5.92 Å². The van der Waals surface area contributed by atoms with Gasteiger partial charge in [-0.2, -0.15) is 4.98 Å². The Balaban J connectivity index is 1.78. The number of ether oxygens (including phenoxy) is 1. The average molecular weight is 394 g/mol. The normalized spacial score (nSPS) is 14.6. The number of halogens is 1. The van der Waals surface area contributed by atoms with Gasteiger partial charge in [0.25, 0.3) is 0 Å². The van der Waals surface area contributed by atoms with E-state index in [0.29, 0.717) is 6.61 Å². The number of benzene rings is 2. The second kappa shape index (κ2) is 6.94. The van der Waals surface area contributed by atoms with Crippen LogP contribution in [0.4, 0.5) is 0 Å². The third-order valence-electron chi connectivity index (χ3n) is 5.55. The fraction of sp³-hybridized carbons (Fsp3) is 0.348. The van der Waals surface area contributed by atoms with Crippen molar-refractivity contribution in [3.8, 4) is 5.88 Å². The van der Waals surface area contributed by atoms with Gasteiger partial charge in [0.2, 0.25) is 5.88 Å². The molecule has 0 aliphatic heterocycles. The van der Waals surface area contributed by atoms with Crippen LogP contribution < -0.4 is 4.74 Å². The van der Waals surface area contributed by atoms with Crippen molar-refractivity contribution in [3.63, 3.8) is 0 Å². The first-order valence-corrected chi connectivity index (χ1v) is 10.3. The van der Waals surface area contributed by atoms with Gasteiger partial charge in [-0.25, -0.2) is 0 Å². The minimum Gasteiger partial charge on any atom is -0.476 e. The summed E-state index contributed by atoms with van der Waals surface area (Å²) in [5, 5.41) is 5.34. The fourth-order valence-corrected chi connectivity index (χ4v) is 4.09. The van der Waals surface area contributed by atoms with Crippen LogP contribution in [0.3, 0.4) is 0 Å². The molecule has 5 heteroatoms. The average Bonchev–Trinajstić information content (AvgIpc) is 3.45. The minimum atomic E-state index is 0.615. The van der Waals surface area contributed by atoms with E-state index in [1.54, 1.807) is 0 Å². The Hall–Kier alpha value is -2.30. The zero-order valence-corrected chi connectivity index (χ0v) is 17.0. The van der Waals surface area contributed by atoms with Crippen LogP contribution >= 0.6 is 11.6 Å². The first-order valence-electron chi connectivity index (χ1n) is 9.89. The van der Waals surface area contributed by atoms with E-state index in [0.717, 1.165) is 40.9 Å². The maximum Gasteiger partial charge on any atom is 0.223 e. The van der Waals surface area contributed by atoms with E-state index < -0.39 is 0 Å². The zero-order chi connectivity index (χ0) is 19.3. The number of hydrogen-bond acceptors (Lipinski definition) is 3. The molecule has 0 unspecified atom stereocenters. The Morgan fingerprint density at radius 2 is 1.89 bits per heavy atom. The van der Waals surface area contributed by atoms with E-state index in [9.17, 15) is 0 Å². The van der Waals surface area contributed by atoms with Crippen LogP contribution in [0, 0.1) is 5.92 Å². The lowest BCUT2D eigenvalue weighted by Gasteiger charge is -2.13. The quantitative estimate of drug-likeness (QED) is 0.442. The van der Waals surface area contributed by atoms with E-state index in [2.05, 4.69) is 53.9 Å². The van der Waals surface area contributed by atoms with Crippen molar-refractivity contribution in [2.45, 2.75) is 19.4 Å². The topological polar surface area (TPSA) is 30.3 Å². The molecule has 0 spiro atoms. The van der Waals surface area contributed by atoms with Crippen molar-refractivity contribution in [3.05, 3.63) is 47.5 Å². The van der Waals surface area contributed by atoms with Gasteiger partial charge in [0.1, 0.15) is 12.3 Å². The molecule has 4 nitrogen and oxygen atoms in total. The Morgan fingerprint density at radius 1 is 1.11 bits per heavy atom. The second-order valence-corrected chi connectivity index (χ2v) is 8.46. The summed E-state index contributed by atoms with van der Waals surface area (Å²) in [5.74, 6) is 1.47. The number of fused-ring (bicyclic) bond motifs is 5. The molecule has 1 saturated carbocycles. The second-order valence-electron chi connectivity index (χ2n) is 8.03. The Morgan fingerprint density at radius 3 is 2.64 bits per heavy atom. The molecule has 5 rings (SSSR count). The number of aromatic nitrogens is 2. The molecule has 2 aromatic carbocycles. The highest BCUT2D eigenvalue weighted by molar-refractivity contribution is 6.32. The third-order valence-corrected chi connectivity index (χ3v) is 5.78. The predicted octanol–water partition coefficient (Wildman–Crippen LogP) is 5.35. The van der Waals surface area contributed by atoms with E-state index in [4.69, 9.17) is 21.3 Å². The fourth-order valence-electron chi connectivity index (χ4n) is 3.92. The lowest BCUT2D eigenvalue weighted by molar-refractivity contribution is 0.257. The summed E-state index contributed by atoms with van der Waals surface area (Å²) < 4.78 is 8.51. The first kappa shape index (κ1) is 17.8. The molecule has 2 heterocycles. The Labute approximate surface area is 169 Å². The molecule has 0 atom stereocenters. The summed E-state index contributed by atoms with van der Waals surface area (Å²) in [5.41, 5.74) is 2.21. The molecule has 0 amide bonds. The lowest BCUT2D eigenvalue weighted by atomic mass is 10.1. The number of nitrogens with zero attached hydrogens (tertiary/aromatic N) is 3. The predicted molar refractivity (Wildman–Crippen MR) is 117 cm³/mol. The molecule has 0 saturated heterocycles. The largest absolute Gasteiger partial charge is 0.476 e. The van der Waals surface area contributed by atoms with Gasteiger partial charge < -0.3 is 14.2 Å². The number of rotatable bonds is 6. The summed E-state index contributed by atoms with van der Waals surface area (Å²) in [6, 6.07) is 14.6. The molecule has 28 heavy (non-hydrogen) atoms. The lowest BCUT2D eigenvalue weighted by Crippen LogP contribution is -2.19. The number of likely N-dealkylation sites (N-methyl/N-ethyl adjacent to an activating group) is 1. The molecule has 1 fully saturated rings. The summed E-state index contributed by atoms with van der Waals surface area (Å²) in [7, 11) is 4.10. The zero-order valence-electron chi connectivity index (χ0n) is 16.3. The highest BCUT2D eigenvalue weighted by Crippen LogP contribution is 2.40. The maximum atomic E-state index is 6.37. The molecular weight excluding hydrogens is 370 g/mol. The monoisotopic (exact) mass is 393 g/mol. The van der Waals surface area contributed by atoms with Crippen molar-refractivity contribution >= 4 is 44.3 Å². The molecule has 1 aliphatic carbocycles. The summed E-state index contributed by atoms with van der Waals surface area (Å²) in [6.07, 6.45) is 2.60. The highest BCUT2D eigenvalue weighted by atomic mass is 35.5. The van der Waals surface area contributed by atoms with Gasteiger partial charge >= 0.3 is 0 Å². The van der Waals surface area contributed by atoms with E-state index in [-0.39, 0.29) is 0 Å². The molecule has 0 bridgehead atoms. The minimum absolute atomic E-state index is 0.615. The number of pyridine rings is 1. The van der Waals surface area contributed by atoms with Crippen molar-refractivity contribution < 1.29 is 4.74 Å². The molecule has 0 radical (unpaired) electrons. The molecule has 144 valence electrons. The summed E-state index contributed by atoms with van der Waals surface area (Å²) >= 11 is 6.37. The van der Waals surface area contributed by atoms with Gasteiger partial charge in [-0.3, -0.25) is 0 Å². The molecule has 0 N–H and O–H groups in total. The van der Waals surface area contributed by atoms with Crippen molar-refractivity contribution in [2.75, 3.05) is 27.2 Å². The summed E-state index contributed by atoms with van der Waals surface area (Å²) in [6.45, 7) is 2.48. The van der Waals surface area contributed by atoms with Gasteiger partial charge in [-0.1, -0.05) is 29.8 Å². The smallest absolute Gasteiger partial charge is 0.223 e. The van der Waals surface area contributed by atoms with E-state index in [1.807, 2.05) is 12.1 Å². The van der Waals surface area contributed by atoms with Gasteiger partial charge in [0, 0.05) is 34.3 Å². The van der Waals surface area contributed by atoms with Crippen molar-refractivity contribution in [1.82, 2.24) is 14.5 Å². The molecule has 2 aromatic heterocycles. The van der Waals surface area contributed by atoms with Crippen LogP contribution in [0.25, 0.3) is 32.7 Å². The molecule has 1 aliphatic rings. The molecular formula is C23H24ClN3O. The van der Waals surface area contributed by atoms with E-state index >= 15 is 0 Å². The van der Waals surface area contributed by atoms with Crippen LogP contribution in [0.2, 0.25) is 5.02 Å². The Bertz CT molecular complexity index is 1180. The maximum absolute atomic E-state index is 6.37. The van der Waals surface area contributed by atoms with Crippen LogP contribution in [-0.4, -0.2) is 41.7 Å². The molecule has 4 aromatic rings. The Kier molecular flexibility index (Phi) is 4.41. The SMILES string of the molecule is CN(C)CCOc1nc2c(c3ccccc13)c1cc(Cl)ccc1n2CC1CC1. The van der Waals surface area contributed by atoms with Crippen LogP contribution in [0.1, 0.15) is 12.8 Å². The van der Waals surface area contributed by atoms with Crippen molar-refractivity contribution in [1.29, 1.82) is 0 Å². The van der Waals surface area contributed by atoms with E-state index in [1.165, 1.54) is 34.5 Å². The van der Waals surface area contributed by atoms with Crippen LogP contribution in [0.15, 0.2) is 42.5 Å². The van der Waals surface area contributed by atoms with Gasteiger partial charge in [0.05, 0.1) is 5.52 Å².